The molecule has 234 valence electrons. The Bertz CT molecular complexity index is 1710. The van der Waals surface area contributed by atoms with Crippen LogP contribution in [0.4, 0.5) is 22.7 Å². The number of nitrogens with two attached hydrogens (primary N) is 2. The fraction of sp³-hybridized carbons (Fsp3) is 0.167. The molecule has 0 radical (unpaired) electrons. The molecule has 1 aliphatic rings. The van der Waals surface area contributed by atoms with Crippen LogP contribution in [0.1, 0.15) is 22.2 Å². The first-order chi connectivity index (χ1) is 21.6. The van der Waals surface area contributed by atoms with Gasteiger partial charge in [-0.25, -0.2) is 0 Å². The molecular formula is C30H28N4O11. The Labute approximate surface area is 256 Å². The van der Waals surface area contributed by atoms with Gasteiger partial charge in [0.2, 0.25) is 0 Å². The molecule has 4 N–H and O–H groups in total. The second kappa shape index (κ2) is 14.5. The molecule has 4 aromatic carbocycles. The van der Waals surface area contributed by atoms with E-state index >= 15 is 0 Å². The summed E-state index contributed by atoms with van der Waals surface area (Å²) in [7, 11) is 2.94. The summed E-state index contributed by atoms with van der Waals surface area (Å²) in [5, 5.41) is 21.8. The molecule has 1 saturated heterocycles. The first-order valence-electron chi connectivity index (χ1n) is 13.1. The maximum atomic E-state index is 11.0. The van der Waals surface area contributed by atoms with Crippen LogP contribution in [0.2, 0.25) is 0 Å². The van der Waals surface area contributed by atoms with Crippen LogP contribution in [0.25, 0.3) is 0 Å². The van der Waals surface area contributed by atoms with E-state index in [1.54, 1.807) is 36.4 Å². The minimum Gasteiger partial charge on any atom is -0.493 e. The Morgan fingerprint density at radius 3 is 1.67 bits per heavy atom. The van der Waals surface area contributed by atoms with Gasteiger partial charge in [-0.15, -0.1) is 0 Å². The van der Waals surface area contributed by atoms with Crippen molar-refractivity contribution in [2.75, 3.05) is 38.9 Å². The number of carbonyl (C=O) groups is 1. The summed E-state index contributed by atoms with van der Waals surface area (Å²) in [6, 6.07) is 18.2. The fourth-order valence-corrected chi connectivity index (χ4v) is 4.05. The highest BCUT2D eigenvalue weighted by Gasteiger charge is 2.21. The lowest BCUT2D eigenvalue weighted by Gasteiger charge is -2.14. The lowest BCUT2D eigenvalue weighted by Crippen LogP contribution is -2.00. The van der Waals surface area contributed by atoms with Crippen molar-refractivity contribution in [3.8, 4) is 34.5 Å². The van der Waals surface area contributed by atoms with E-state index in [1.165, 1.54) is 50.6 Å². The van der Waals surface area contributed by atoms with Crippen LogP contribution in [-0.4, -0.2) is 43.6 Å². The van der Waals surface area contributed by atoms with Gasteiger partial charge in [-0.1, -0.05) is 0 Å². The minimum atomic E-state index is -0.588. The van der Waals surface area contributed by atoms with E-state index in [2.05, 4.69) is 0 Å². The van der Waals surface area contributed by atoms with Crippen LogP contribution in [-0.2, 0) is 9.47 Å². The highest BCUT2D eigenvalue weighted by molar-refractivity contribution is 5.76. The fourth-order valence-electron chi connectivity index (χ4n) is 4.05. The Hall–Kier alpha value is -5.93. The van der Waals surface area contributed by atoms with E-state index in [1.807, 2.05) is 0 Å². The molecule has 15 heteroatoms. The summed E-state index contributed by atoms with van der Waals surface area (Å²) >= 11 is 0. The number of hydrogen-bond acceptors (Lipinski definition) is 13. The van der Waals surface area contributed by atoms with Gasteiger partial charge in [0.25, 0.3) is 11.4 Å². The molecule has 4 aromatic rings. The number of methoxy groups -OCH3 is 2. The SMILES string of the molecule is COc1cc(C2OCCO2)ccc1Oc1ccc(N)c([N+](=O)[O-])c1.COc1cc(C=O)ccc1Oc1ccc(N)c([N+](=O)[O-])c1. The molecule has 0 unspecified atom stereocenters. The van der Waals surface area contributed by atoms with E-state index in [0.29, 0.717) is 48.1 Å². The first-order valence-corrected chi connectivity index (χ1v) is 13.1. The summed E-state index contributed by atoms with van der Waals surface area (Å²) in [5.41, 5.74) is 12.0. The number of nitrogens with zero attached hydrogens (tertiary/aromatic N) is 2. The van der Waals surface area contributed by atoms with Crippen molar-refractivity contribution < 1.29 is 43.1 Å². The predicted molar refractivity (Wildman–Crippen MR) is 161 cm³/mol. The zero-order valence-corrected chi connectivity index (χ0v) is 24.0. The quantitative estimate of drug-likeness (QED) is 0.0928. The average Bonchev–Trinajstić information content (AvgIpc) is 3.58. The molecule has 45 heavy (non-hydrogen) atoms. The van der Waals surface area contributed by atoms with Crippen LogP contribution in [0.3, 0.4) is 0 Å². The summed E-state index contributed by atoms with van der Waals surface area (Å²) in [4.78, 5) is 31.4. The summed E-state index contributed by atoms with van der Waals surface area (Å²) in [5.74, 6) is 2.09. The van der Waals surface area contributed by atoms with Gasteiger partial charge in [0.1, 0.15) is 29.2 Å². The van der Waals surface area contributed by atoms with Gasteiger partial charge in [-0.3, -0.25) is 25.0 Å². The second-order valence-corrected chi connectivity index (χ2v) is 9.17. The van der Waals surface area contributed by atoms with Crippen molar-refractivity contribution in [2.24, 2.45) is 0 Å². The van der Waals surface area contributed by atoms with Gasteiger partial charge >= 0.3 is 0 Å². The molecule has 0 saturated carbocycles. The standard InChI is InChI=1S/C16H16N2O6.C14H12N2O5/c1-21-15-8-10(16-22-6-7-23-16)2-5-14(15)24-11-3-4-12(17)13(9-11)18(19)20;1-20-14-6-9(8-17)2-5-13(14)21-10-3-4-11(15)12(7-10)16(18)19/h2-5,8-9,16H,6-7,17H2,1H3;2-8H,15H2,1H3. The van der Waals surface area contributed by atoms with Gasteiger partial charge in [0, 0.05) is 11.1 Å². The molecule has 1 aliphatic heterocycles. The Balaban J connectivity index is 0.000000207. The molecule has 15 nitrogen and oxygen atoms in total. The highest BCUT2D eigenvalue weighted by Crippen LogP contribution is 2.38. The summed E-state index contributed by atoms with van der Waals surface area (Å²) in [6.07, 6.45) is 0.256. The monoisotopic (exact) mass is 620 g/mol. The van der Waals surface area contributed by atoms with Crippen molar-refractivity contribution in [3.63, 3.8) is 0 Å². The van der Waals surface area contributed by atoms with E-state index in [-0.39, 0.29) is 34.2 Å². The number of anilines is 2. The van der Waals surface area contributed by atoms with E-state index in [9.17, 15) is 25.0 Å². The number of ether oxygens (including phenoxy) is 6. The summed E-state index contributed by atoms with van der Waals surface area (Å²) in [6.45, 7) is 1.08. The molecular weight excluding hydrogens is 592 g/mol. The van der Waals surface area contributed by atoms with Crippen LogP contribution in [0.15, 0.2) is 72.8 Å². The number of rotatable bonds is 10. The van der Waals surface area contributed by atoms with Crippen LogP contribution < -0.4 is 30.4 Å². The Morgan fingerprint density at radius 2 is 1.20 bits per heavy atom. The maximum absolute atomic E-state index is 11.0. The molecule has 1 fully saturated rings. The smallest absolute Gasteiger partial charge is 0.295 e. The van der Waals surface area contributed by atoms with E-state index in [4.69, 9.17) is 39.9 Å². The van der Waals surface area contributed by atoms with Crippen molar-refractivity contribution in [2.45, 2.75) is 6.29 Å². The van der Waals surface area contributed by atoms with Gasteiger partial charge in [-0.2, -0.15) is 0 Å². The van der Waals surface area contributed by atoms with Crippen molar-refractivity contribution in [1.29, 1.82) is 0 Å². The van der Waals surface area contributed by atoms with Gasteiger partial charge in [0.05, 0.1) is 49.4 Å². The van der Waals surface area contributed by atoms with Crippen LogP contribution >= 0.6 is 0 Å². The molecule has 5 rings (SSSR count). The normalized spacial score (nSPS) is 12.4. The van der Waals surface area contributed by atoms with Crippen LogP contribution in [0.5, 0.6) is 34.5 Å². The molecule has 0 amide bonds. The van der Waals surface area contributed by atoms with Crippen molar-refractivity contribution in [3.05, 3.63) is 104 Å². The number of aldehydes is 1. The second-order valence-electron chi connectivity index (χ2n) is 9.17. The number of nitro benzene ring substituents is 2. The van der Waals surface area contributed by atoms with Crippen molar-refractivity contribution >= 4 is 29.0 Å². The van der Waals surface area contributed by atoms with Crippen LogP contribution in [0, 0.1) is 20.2 Å². The average molecular weight is 621 g/mol. The lowest BCUT2D eigenvalue weighted by molar-refractivity contribution is -0.384. The topological polar surface area (TPSA) is 211 Å². The lowest BCUT2D eigenvalue weighted by atomic mass is 10.2. The molecule has 0 aliphatic carbocycles. The highest BCUT2D eigenvalue weighted by atomic mass is 16.7. The zero-order valence-electron chi connectivity index (χ0n) is 24.0. The predicted octanol–water partition coefficient (Wildman–Crippen LogP) is 5.81. The zero-order chi connectivity index (χ0) is 32.5. The van der Waals surface area contributed by atoms with Gasteiger partial charge in [-0.05, 0) is 60.7 Å². The third-order valence-corrected chi connectivity index (χ3v) is 6.26. The van der Waals surface area contributed by atoms with E-state index in [0.717, 1.165) is 5.56 Å². The third-order valence-electron chi connectivity index (χ3n) is 6.26. The molecule has 0 atom stereocenters. The number of nitrogen functional groups attached to an aromatic ring is 2. The number of hydrogen-bond donors (Lipinski definition) is 2. The van der Waals surface area contributed by atoms with Gasteiger partial charge < -0.3 is 39.9 Å². The molecule has 0 bridgehead atoms. The molecule has 0 spiro atoms. The molecule has 1 heterocycles. The minimum absolute atomic E-state index is 0.0515. The van der Waals surface area contributed by atoms with Gasteiger partial charge in [0.15, 0.2) is 29.3 Å². The third kappa shape index (κ3) is 7.92. The Kier molecular flexibility index (Phi) is 10.3. The maximum Gasteiger partial charge on any atom is 0.295 e. The Morgan fingerprint density at radius 1 is 0.711 bits per heavy atom. The summed E-state index contributed by atoms with van der Waals surface area (Å²) < 4.78 is 32.6. The number of nitro groups is 2. The first kappa shape index (κ1) is 32.0. The number of benzene rings is 4. The number of carbonyl (C=O) groups excluding carboxylic acids is 1. The van der Waals surface area contributed by atoms with Crippen molar-refractivity contribution in [1.82, 2.24) is 0 Å². The van der Waals surface area contributed by atoms with E-state index < -0.39 is 16.1 Å². The molecule has 0 aromatic heterocycles. The largest absolute Gasteiger partial charge is 0.493 e.